The van der Waals surface area contributed by atoms with E-state index in [2.05, 4.69) is 82.5 Å². The summed E-state index contributed by atoms with van der Waals surface area (Å²) in [4.78, 5) is 33.9. The summed E-state index contributed by atoms with van der Waals surface area (Å²) < 4.78 is 10.6. The molecule has 0 unspecified atom stereocenters. The van der Waals surface area contributed by atoms with Crippen molar-refractivity contribution in [3.8, 4) is 23.1 Å². The molecular weight excluding hydrogens is 737 g/mol. The third kappa shape index (κ3) is 7.31. The van der Waals surface area contributed by atoms with Gasteiger partial charge in [0.2, 0.25) is 8.32 Å². The zero-order valence-corrected chi connectivity index (χ0v) is 37.1. The molecule has 302 valence electrons. The molecule has 0 saturated heterocycles. The molecule has 3 aromatic carbocycles. The number of fused-ring (bicyclic) bond motifs is 2. The van der Waals surface area contributed by atoms with Crippen molar-refractivity contribution in [3.05, 3.63) is 123 Å². The Bertz CT molecular complexity index is 2440. The Balaban J connectivity index is 1.34. The highest BCUT2D eigenvalue weighted by Gasteiger charge is 2.39. The molecule has 1 N–H and O–H groups in total. The van der Waals surface area contributed by atoms with Crippen molar-refractivity contribution in [2.45, 2.75) is 112 Å². The maximum Gasteiger partial charge on any atom is 0.264 e. The predicted octanol–water partition coefficient (Wildman–Crippen LogP) is 10.2. The number of nitrogens with one attached hydrogen (secondary N) is 1. The summed E-state index contributed by atoms with van der Waals surface area (Å²) >= 11 is 0. The Labute approximate surface area is 345 Å². The molecule has 2 aliphatic rings. The van der Waals surface area contributed by atoms with Gasteiger partial charge in [-0.05, 0) is 143 Å². The Morgan fingerprint density at radius 1 is 0.931 bits per heavy atom. The van der Waals surface area contributed by atoms with Crippen LogP contribution in [0.3, 0.4) is 0 Å². The van der Waals surface area contributed by atoms with Crippen molar-refractivity contribution in [1.29, 1.82) is 5.26 Å². The van der Waals surface area contributed by atoms with Gasteiger partial charge in [-0.2, -0.15) is 5.26 Å². The van der Waals surface area contributed by atoms with Crippen molar-refractivity contribution >= 4 is 31.5 Å². The van der Waals surface area contributed by atoms with Gasteiger partial charge in [-0.3, -0.25) is 14.5 Å². The second-order valence-electron chi connectivity index (χ2n) is 18.0. The lowest BCUT2D eigenvalue weighted by Crippen LogP contribution is -2.43. The molecule has 2 amide bonds. The number of amides is 2. The van der Waals surface area contributed by atoms with Crippen LogP contribution in [0.2, 0.25) is 18.1 Å². The summed E-state index contributed by atoms with van der Waals surface area (Å²) in [5.74, 6) is 0.539. The number of carbonyl (C=O) groups excluding carboxylic acids is 2. The van der Waals surface area contributed by atoms with Crippen LogP contribution in [-0.2, 0) is 33.0 Å². The van der Waals surface area contributed by atoms with Gasteiger partial charge in [-0.1, -0.05) is 45.0 Å². The van der Waals surface area contributed by atoms with E-state index in [9.17, 15) is 10.1 Å². The zero-order chi connectivity index (χ0) is 41.8. The van der Waals surface area contributed by atoms with E-state index in [0.29, 0.717) is 41.3 Å². The SMILES string of the molecule is Cc1c(C(=O)N(c2ccc(O[Si](C)(C)C(C)(C)C)cc2)c2cc(C#N)n(C(C)C)c2C)cc(-c2cc3c(cc2C(=O)N2Cc4ccccc4C[C@H]2C)CNCC3)n1C. The van der Waals surface area contributed by atoms with Gasteiger partial charge < -0.3 is 23.8 Å². The zero-order valence-electron chi connectivity index (χ0n) is 36.1. The molecule has 0 bridgehead atoms. The number of anilines is 2. The number of hydrogen-bond donors (Lipinski definition) is 1. The van der Waals surface area contributed by atoms with Gasteiger partial charge in [0.15, 0.2) is 0 Å². The molecule has 58 heavy (non-hydrogen) atoms. The first-order chi connectivity index (χ1) is 27.4. The van der Waals surface area contributed by atoms with Crippen LogP contribution in [0, 0.1) is 25.2 Å². The average molecular weight is 795 g/mol. The minimum atomic E-state index is -2.11. The Hall–Kier alpha value is -5.37. The minimum Gasteiger partial charge on any atom is -0.544 e. The summed E-state index contributed by atoms with van der Waals surface area (Å²) in [6.45, 7) is 23.4. The molecule has 10 heteroatoms. The number of nitrogens with zero attached hydrogens (tertiary/aromatic N) is 5. The second kappa shape index (κ2) is 15.4. The fraction of sp³-hybridized carbons (Fsp3) is 0.396. The summed E-state index contributed by atoms with van der Waals surface area (Å²) in [5, 5.41) is 13.7. The van der Waals surface area contributed by atoms with Crippen molar-refractivity contribution in [2.75, 3.05) is 11.4 Å². The molecule has 0 saturated carbocycles. The lowest BCUT2D eigenvalue weighted by molar-refractivity contribution is 0.0658. The van der Waals surface area contributed by atoms with Crippen LogP contribution >= 0.6 is 0 Å². The first-order valence-corrected chi connectivity index (χ1v) is 23.5. The summed E-state index contributed by atoms with van der Waals surface area (Å²) in [6.07, 6.45) is 1.66. The maximum absolute atomic E-state index is 15.3. The van der Waals surface area contributed by atoms with Crippen LogP contribution in [0.5, 0.6) is 5.75 Å². The first kappa shape index (κ1) is 40.8. The van der Waals surface area contributed by atoms with Crippen LogP contribution < -0.4 is 14.6 Å². The first-order valence-electron chi connectivity index (χ1n) is 20.6. The van der Waals surface area contributed by atoms with Crippen molar-refractivity contribution in [3.63, 3.8) is 0 Å². The van der Waals surface area contributed by atoms with E-state index in [1.165, 1.54) is 16.7 Å². The number of rotatable bonds is 8. The number of aromatic nitrogens is 2. The number of hydrogen-bond acceptors (Lipinski definition) is 5. The molecule has 0 aliphatic carbocycles. The van der Waals surface area contributed by atoms with Crippen molar-refractivity contribution in [2.24, 2.45) is 7.05 Å². The third-order valence-corrected chi connectivity index (χ3v) is 17.2. The monoisotopic (exact) mass is 794 g/mol. The molecule has 1 atom stereocenters. The van der Waals surface area contributed by atoms with Gasteiger partial charge in [-0.15, -0.1) is 0 Å². The molecule has 2 aliphatic heterocycles. The Kier molecular flexibility index (Phi) is 10.9. The highest BCUT2D eigenvalue weighted by Crippen LogP contribution is 2.41. The lowest BCUT2D eigenvalue weighted by atomic mass is 9.90. The van der Waals surface area contributed by atoms with E-state index < -0.39 is 8.32 Å². The van der Waals surface area contributed by atoms with Crippen LogP contribution in [0.15, 0.2) is 72.8 Å². The molecule has 0 spiro atoms. The second-order valence-corrected chi connectivity index (χ2v) is 22.7. The van der Waals surface area contributed by atoms with E-state index in [0.717, 1.165) is 53.3 Å². The fourth-order valence-corrected chi connectivity index (χ4v) is 9.42. The van der Waals surface area contributed by atoms with Crippen molar-refractivity contribution < 1.29 is 14.0 Å². The third-order valence-electron chi connectivity index (χ3n) is 12.9. The molecule has 9 nitrogen and oxygen atoms in total. The molecule has 5 aromatic rings. The normalized spacial score (nSPS) is 15.5. The van der Waals surface area contributed by atoms with Gasteiger partial charge in [-0.25, -0.2) is 0 Å². The van der Waals surface area contributed by atoms with Crippen LogP contribution in [0.25, 0.3) is 11.3 Å². The predicted molar refractivity (Wildman–Crippen MR) is 235 cm³/mol. The topological polar surface area (TPSA) is 95.5 Å². The molecule has 0 radical (unpaired) electrons. The summed E-state index contributed by atoms with van der Waals surface area (Å²) in [6, 6.07) is 26.6. The molecule has 0 fully saturated rings. The fourth-order valence-electron chi connectivity index (χ4n) is 8.38. The van der Waals surface area contributed by atoms with Crippen LogP contribution in [0.1, 0.15) is 108 Å². The Morgan fingerprint density at radius 3 is 2.26 bits per heavy atom. The quantitative estimate of drug-likeness (QED) is 0.158. The summed E-state index contributed by atoms with van der Waals surface area (Å²) in [5.41, 5.74) is 11.0. The average Bonchev–Trinajstić information content (AvgIpc) is 3.68. The highest BCUT2D eigenvalue weighted by atomic mass is 28.4. The van der Waals surface area contributed by atoms with Crippen molar-refractivity contribution in [1.82, 2.24) is 19.4 Å². The highest BCUT2D eigenvalue weighted by molar-refractivity contribution is 6.74. The van der Waals surface area contributed by atoms with E-state index in [1.807, 2.05) is 91.2 Å². The largest absolute Gasteiger partial charge is 0.544 e. The number of benzene rings is 3. The van der Waals surface area contributed by atoms with Gasteiger partial charge in [0.25, 0.3) is 11.8 Å². The van der Waals surface area contributed by atoms with Gasteiger partial charge in [0.05, 0.1) is 11.3 Å². The van der Waals surface area contributed by atoms with Gasteiger partial charge in [0.1, 0.15) is 17.5 Å². The number of nitriles is 1. The minimum absolute atomic E-state index is 0.00609. The molecule has 2 aromatic heterocycles. The Morgan fingerprint density at radius 2 is 1.62 bits per heavy atom. The van der Waals surface area contributed by atoms with Crippen LogP contribution in [0.4, 0.5) is 11.4 Å². The van der Waals surface area contributed by atoms with E-state index >= 15 is 4.79 Å². The molecular formula is C48H58N6O3Si. The smallest absolute Gasteiger partial charge is 0.264 e. The van der Waals surface area contributed by atoms with E-state index in [4.69, 9.17) is 4.43 Å². The van der Waals surface area contributed by atoms with E-state index in [1.54, 1.807) is 4.90 Å². The van der Waals surface area contributed by atoms with E-state index in [-0.39, 0.29) is 28.9 Å². The summed E-state index contributed by atoms with van der Waals surface area (Å²) in [7, 11) is -0.135. The van der Waals surface area contributed by atoms with Gasteiger partial charge in [0, 0.05) is 66.1 Å². The lowest BCUT2D eigenvalue weighted by Gasteiger charge is -2.36. The molecule has 4 heterocycles. The van der Waals surface area contributed by atoms with Gasteiger partial charge >= 0.3 is 0 Å². The molecule has 7 rings (SSSR count). The number of carbonyl (C=O) groups is 2. The van der Waals surface area contributed by atoms with Crippen LogP contribution in [-0.4, -0.2) is 46.8 Å². The maximum atomic E-state index is 15.3. The standard InChI is InChI=1S/C48H58N6O3Si/c1-30(2)53-33(5)44(25-39(53)27-49)54(38-16-18-40(19-17-38)57-58(10,11)48(6,7)8)47(56)41-26-45(51(9)32(41)4)42-23-35-20-21-50-28-37(35)24-43(42)46(55)52-29-36-15-13-12-14-34(36)22-31(52)3/h12-19,23-26,30-31,50H,20-22,28-29H2,1-11H3/t31-/m1/s1.